The van der Waals surface area contributed by atoms with Crippen LogP contribution in [0.4, 0.5) is 4.39 Å². The lowest BCUT2D eigenvalue weighted by molar-refractivity contribution is -0.146. The lowest BCUT2D eigenvalue weighted by Crippen LogP contribution is -2.20. The van der Waals surface area contributed by atoms with Crippen LogP contribution in [0.5, 0.6) is 0 Å². The minimum atomic E-state index is -1.06. The summed E-state index contributed by atoms with van der Waals surface area (Å²) in [6.45, 7) is 5.04. The fourth-order valence-corrected chi connectivity index (χ4v) is 2.62. The molecule has 1 aromatic carbocycles. The molecule has 6 nitrogen and oxygen atoms in total. The molecule has 0 spiro atoms. The van der Waals surface area contributed by atoms with E-state index >= 15 is 0 Å². The van der Waals surface area contributed by atoms with Crippen molar-refractivity contribution in [1.82, 2.24) is 0 Å². The monoisotopic (exact) mass is 345 g/mol. The number of benzene rings is 1. The predicted molar refractivity (Wildman–Crippen MR) is 81.4 cm³/mol. The van der Waals surface area contributed by atoms with Crippen molar-refractivity contribution in [3.63, 3.8) is 0 Å². The lowest BCUT2D eigenvalue weighted by atomic mass is 10.2. The minimum Gasteiger partial charge on any atom is -0.462 e. The van der Waals surface area contributed by atoms with E-state index < -0.39 is 28.5 Å². The molecule has 0 aliphatic carbocycles. The second-order valence-electron chi connectivity index (χ2n) is 4.50. The van der Waals surface area contributed by atoms with Gasteiger partial charge >= 0.3 is 5.97 Å². The van der Waals surface area contributed by atoms with Gasteiger partial charge in [-0.15, -0.1) is 11.8 Å². The van der Waals surface area contributed by atoms with E-state index in [1.165, 1.54) is 0 Å². The largest absolute Gasteiger partial charge is 0.462 e. The minimum absolute atomic E-state index is 0.0455. The van der Waals surface area contributed by atoms with Crippen molar-refractivity contribution in [2.24, 2.45) is 5.11 Å². The van der Waals surface area contributed by atoms with E-state index in [-0.39, 0.29) is 11.1 Å². The van der Waals surface area contributed by atoms with Crippen molar-refractivity contribution in [2.45, 2.75) is 37.0 Å². The molecule has 0 fully saturated rings. The Labute approximate surface area is 135 Å². The number of hydrogen-bond donors (Lipinski definition) is 0. The second kappa shape index (κ2) is 8.03. The number of ether oxygens (including phenoxy) is 1. The third kappa shape index (κ3) is 4.91. The van der Waals surface area contributed by atoms with Crippen LogP contribution in [0.3, 0.4) is 0 Å². The first-order chi connectivity index (χ1) is 10.3. The molecule has 9 heteroatoms. The first-order valence-electron chi connectivity index (χ1n) is 6.21. The van der Waals surface area contributed by atoms with Crippen molar-refractivity contribution in [3.8, 4) is 0 Å². The van der Waals surface area contributed by atoms with Crippen LogP contribution in [0, 0.1) is 5.82 Å². The van der Waals surface area contributed by atoms with Gasteiger partial charge in [-0.1, -0.05) is 11.6 Å². The highest BCUT2D eigenvalue weighted by atomic mass is 35.5. The van der Waals surface area contributed by atoms with Crippen LogP contribution in [0.25, 0.3) is 10.4 Å². The Morgan fingerprint density at radius 3 is 2.59 bits per heavy atom. The molecule has 1 atom stereocenters. The molecule has 0 radical (unpaired) electrons. The van der Waals surface area contributed by atoms with Crippen molar-refractivity contribution < 1.29 is 18.7 Å². The molecule has 0 bridgehead atoms. The zero-order chi connectivity index (χ0) is 16.9. The van der Waals surface area contributed by atoms with Crippen molar-refractivity contribution in [3.05, 3.63) is 39.0 Å². The van der Waals surface area contributed by atoms with Crippen LogP contribution in [-0.4, -0.2) is 23.2 Å². The SMILES string of the molecule is CC(C)OC(=O)C(C)Sc1cc(C(=O)N=[N+]=[N-])c(F)cc1Cl. The van der Waals surface area contributed by atoms with Gasteiger partial charge in [0.15, 0.2) is 0 Å². The number of hydrogen-bond acceptors (Lipinski definition) is 4. The Morgan fingerprint density at radius 2 is 2.05 bits per heavy atom. The number of carbonyl (C=O) groups is 2. The molecule has 1 rings (SSSR count). The molecule has 0 saturated heterocycles. The molecule has 0 aromatic heterocycles. The van der Waals surface area contributed by atoms with Crippen LogP contribution in [0.15, 0.2) is 22.1 Å². The maximum Gasteiger partial charge on any atom is 0.319 e. The second-order valence-corrected chi connectivity index (χ2v) is 6.29. The number of thioether (sulfide) groups is 1. The maximum absolute atomic E-state index is 13.7. The fourth-order valence-electron chi connectivity index (χ4n) is 1.44. The molecule has 0 aliphatic heterocycles. The topological polar surface area (TPSA) is 92.1 Å². The van der Waals surface area contributed by atoms with E-state index in [2.05, 4.69) is 10.0 Å². The number of rotatable bonds is 5. The van der Waals surface area contributed by atoms with Crippen molar-refractivity contribution in [2.75, 3.05) is 0 Å². The quantitative estimate of drug-likeness (QED) is 0.260. The molecule has 0 aliphatic rings. The van der Waals surface area contributed by atoms with Crippen LogP contribution >= 0.6 is 23.4 Å². The van der Waals surface area contributed by atoms with Gasteiger partial charge in [0.25, 0.3) is 5.91 Å². The number of amides is 1. The van der Waals surface area contributed by atoms with E-state index in [1.54, 1.807) is 20.8 Å². The standard InChI is InChI=1S/C13H13ClFN3O3S/c1-6(2)21-13(20)7(3)22-11-4-8(12(19)17-18-16)10(15)5-9(11)14/h4-7H,1-3H3. The van der Waals surface area contributed by atoms with Crippen molar-refractivity contribution >= 4 is 35.2 Å². The first-order valence-corrected chi connectivity index (χ1v) is 7.47. The van der Waals surface area contributed by atoms with E-state index in [4.69, 9.17) is 21.9 Å². The van der Waals surface area contributed by atoms with Crippen LogP contribution in [0.2, 0.25) is 5.02 Å². The van der Waals surface area contributed by atoms with Gasteiger partial charge in [0.05, 0.1) is 16.7 Å². The van der Waals surface area contributed by atoms with Crippen LogP contribution in [-0.2, 0) is 9.53 Å². The molecular weight excluding hydrogens is 333 g/mol. The number of carbonyl (C=O) groups excluding carboxylic acids is 2. The highest BCUT2D eigenvalue weighted by molar-refractivity contribution is 8.00. The average Bonchev–Trinajstić information content (AvgIpc) is 2.40. The van der Waals surface area contributed by atoms with E-state index in [0.717, 1.165) is 23.9 Å². The third-order valence-electron chi connectivity index (χ3n) is 2.38. The van der Waals surface area contributed by atoms with Gasteiger partial charge in [0, 0.05) is 9.81 Å². The molecule has 1 amide bonds. The van der Waals surface area contributed by atoms with E-state index in [1.807, 2.05) is 0 Å². The molecule has 0 saturated carbocycles. The Morgan fingerprint density at radius 1 is 1.41 bits per heavy atom. The summed E-state index contributed by atoms with van der Waals surface area (Å²) in [6, 6.07) is 2.09. The van der Waals surface area contributed by atoms with Gasteiger partial charge in [-0.3, -0.25) is 9.59 Å². The number of halogens is 2. The predicted octanol–water partition coefficient (Wildman–Crippen LogP) is 4.36. The normalized spacial score (nSPS) is 11.7. The van der Waals surface area contributed by atoms with Crippen molar-refractivity contribution in [1.29, 1.82) is 0 Å². The molecule has 118 valence electrons. The Balaban J connectivity index is 3.04. The number of esters is 1. The third-order valence-corrected chi connectivity index (χ3v) is 3.94. The van der Waals surface area contributed by atoms with Gasteiger partial charge in [-0.05, 0) is 43.5 Å². The summed E-state index contributed by atoms with van der Waals surface area (Å²) in [5, 5.41) is 2.28. The van der Waals surface area contributed by atoms with Gasteiger partial charge in [-0.25, -0.2) is 4.39 Å². The molecule has 0 N–H and O–H groups in total. The van der Waals surface area contributed by atoms with Gasteiger partial charge in [0.2, 0.25) is 0 Å². The summed E-state index contributed by atoms with van der Waals surface area (Å²) in [5.41, 5.74) is 7.83. The Kier molecular flexibility index (Phi) is 6.67. The Hall–Kier alpha value is -1.76. The zero-order valence-electron chi connectivity index (χ0n) is 12.0. The highest BCUT2D eigenvalue weighted by Gasteiger charge is 2.21. The summed E-state index contributed by atoms with van der Waals surface area (Å²) in [7, 11) is 0. The summed E-state index contributed by atoms with van der Waals surface area (Å²) in [6.07, 6.45) is -0.263. The smallest absolute Gasteiger partial charge is 0.319 e. The number of azide groups is 1. The number of nitrogens with zero attached hydrogens (tertiary/aromatic N) is 3. The highest BCUT2D eigenvalue weighted by Crippen LogP contribution is 2.33. The lowest BCUT2D eigenvalue weighted by Gasteiger charge is -2.14. The van der Waals surface area contributed by atoms with Crippen LogP contribution in [0.1, 0.15) is 31.1 Å². The summed E-state index contributed by atoms with van der Waals surface area (Å²) in [4.78, 5) is 25.9. The Bertz CT molecular complexity index is 648. The van der Waals surface area contributed by atoms with Gasteiger partial charge in [0.1, 0.15) is 11.1 Å². The molecule has 22 heavy (non-hydrogen) atoms. The van der Waals surface area contributed by atoms with Gasteiger partial charge < -0.3 is 4.74 Å². The first kappa shape index (κ1) is 18.3. The van der Waals surface area contributed by atoms with Gasteiger partial charge in [-0.2, -0.15) is 0 Å². The molecule has 1 unspecified atom stereocenters. The van der Waals surface area contributed by atoms with Crippen LogP contribution < -0.4 is 0 Å². The average molecular weight is 346 g/mol. The fraction of sp³-hybridized carbons (Fsp3) is 0.385. The molecule has 1 aromatic rings. The maximum atomic E-state index is 13.7. The molecule has 0 heterocycles. The van der Waals surface area contributed by atoms with E-state index in [0.29, 0.717) is 4.90 Å². The van der Waals surface area contributed by atoms with E-state index in [9.17, 15) is 14.0 Å². The summed E-state index contributed by atoms with van der Waals surface area (Å²) in [5.74, 6) is -2.41. The summed E-state index contributed by atoms with van der Waals surface area (Å²) >= 11 is 6.93. The summed E-state index contributed by atoms with van der Waals surface area (Å²) < 4.78 is 18.7. The molecular formula is C13H13ClFN3O3S. The zero-order valence-corrected chi connectivity index (χ0v) is 13.6.